The molecule has 1 atom stereocenters. The van der Waals surface area contributed by atoms with Crippen LogP contribution in [0, 0.1) is 0 Å². The molecule has 6 nitrogen and oxygen atoms in total. The van der Waals surface area contributed by atoms with Gasteiger partial charge in [0, 0.05) is 25.3 Å². The molecule has 0 bridgehead atoms. The molecule has 0 spiro atoms. The van der Waals surface area contributed by atoms with Crippen LogP contribution in [0.2, 0.25) is 0 Å². The molecular formula is C21H23N3O3S. The Morgan fingerprint density at radius 1 is 1.11 bits per heavy atom. The van der Waals surface area contributed by atoms with E-state index in [1.807, 2.05) is 58.3 Å². The second-order valence-electron chi connectivity index (χ2n) is 7.00. The number of pyridine rings is 1. The molecule has 0 saturated carbocycles. The van der Waals surface area contributed by atoms with Crippen molar-refractivity contribution in [1.82, 2.24) is 14.8 Å². The van der Waals surface area contributed by atoms with Gasteiger partial charge in [-0.1, -0.05) is 48.2 Å². The van der Waals surface area contributed by atoms with Crippen LogP contribution in [0.3, 0.4) is 0 Å². The van der Waals surface area contributed by atoms with Crippen LogP contribution in [0.25, 0.3) is 0 Å². The first-order valence-electron chi connectivity index (χ1n) is 9.54. The zero-order valence-electron chi connectivity index (χ0n) is 15.6. The van der Waals surface area contributed by atoms with Gasteiger partial charge in [-0.15, -0.1) is 0 Å². The molecule has 2 fully saturated rings. The zero-order valence-corrected chi connectivity index (χ0v) is 16.4. The summed E-state index contributed by atoms with van der Waals surface area (Å²) in [4.78, 5) is 32.8. The van der Waals surface area contributed by atoms with Gasteiger partial charge in [0.15, 0.2) is 0 Å². The van der Waals surface area contributed by atoms with E-state index in [0.29, 0.717) is 25.4 Å². The van der Waals surface area contributed by atoms with E-state index in [-0.39, 0.29) is 24.1 Å². The maximum atomic E-state index is 12.5. The highest BCUT2D eigenvalue weighted by Crippen LogP contribution is 2.30. The Morgan fingerprint density at radius 3 is 2.57 bits per heavy atom. The van der Waals surface area contributed by atoms with Gasteiger partial charge in [-0.3, -0.25) is 4.79 Å². The molecule has 1 unspecified atom stereocenters. The molecule has 2 saturated heterocycles. The third-order valence-electron chi connectivity index (χ3n) is 5.25. The minimum atomic E-state index is -0.246. The quantitative estimate of drug-likeness (QED) is 0.724. The van der Waals surface area contributed by atoms with Crippen LogP contribution < -0.4 is 0 Å². The van der Waals surface area contributed by atoms with E-state index in [0.717, 1.165) is 23.4 Å². The lowest BCUT2D eigenvalue weighted by molar-refractivity contribution is -0.129. The number of carbonyl (C=O) groups excluding carboxylic acids is 2. The molecule has 7 heteroatoms. The van der Waals surface area contributed by atoms with Crippen molar-refractivity contribution < 1.29 is 14.3 Å². The van der Waals surface area contributed by atoms with Gasteiger partial charge in [0.2, 0.25) is 5.91 Å². The topological polar surface area (TPSA) is 62.7 Å². The Hall–Kier alpha value is -2.54. The van der Waals surface area contributed by atoms with Crippen molar-refractivity contribution in [2.24, 2.45) is 0 Å². The lowest BCUT2D eigenvalue weighted by atomic mass is 10.0. The van der Waals surface area contributed by atoms with Crippen molar-refractivity contribution in [3.8, 4) is 0 Å². The van der Waals surface area contributed by atoms with Crippen molar-refractivity contribution in [3.05, 3.63) is 60.3 Å². The van der Waals surface area contributed by atoms with E-state index in [4.69, 9.17) is 4.74 Å². The number of benzene rings is 1. The Balaban J connectivity index is 1.27. The fraction of sp³-hybridized carbons (Fsp3) is 0.381. The third-order valence-corrected chi connectivity index (χ3v) is 6.18. The lowest BCUT2D eigenvalue weighted by Gasteiger charge is -2.35. The molecule has 146 valence electrons. The zero-order chi connectivity index (χ0) is 19.3. The highest BCUT2D eigenvalue weighted by molar-refractivity contribution is 7.99. The second kappa shape index (κ2) is 8.65. The maximum Gasteiger partial charge on any atom is 0.410 e. The first kappa shape index (κ1) is 18.8. The van der Waals surface area contributed by atoms with E-state index in [1.54, 1.807) is 6.20 Å². The highest BCUT2D eigenvalue weighted by atomic mass is 32.2. The van der Waals surface area contributed by atoms with E-state index in [1.165, 1.54) is 11.8 Å². The maximum absolute atomic E-state index is 12.5. The summed E-state index contributed by atoms with van der Waals surface area (Å²) in [5, 5.41) is 0.859. The molecule has 0 radical (unpaired) electrons. The summed E-state index contributed by atoms with van der Waals surface area (Å²) < 4.78 is 5.57. The minimum Gasteiger partial charge on any atom is -0.439 e. The predicted molar refractivity (Wildman–Crippen MR) is 107 cm³/mol. The SMILES string of the molecule is O=C(CSc1ccccn1)N1CCC(N2CC(c3ccccc3)OC2=O)CC1. The molecule has 1 aromatic carbocycles. The number of piperidine rings is 1. The molecule has 2 amide bonds. The summed E-state index contributed by atoms with van der Waals surface area (Å²) in [7, 11) is 0. The van der Waals surface area contributed by atoms with E-state index >= 15 is 0 Å². The molecule has 0 aliphatic carbocycles. The molecule has 2 aliphatic heterocycles. The van der Waals surface area contributed by atoms with Gasteiger partial charge in [0.05, 0.1) is 17.3 Å². The Kier molecular flexibility index (Phi) is 5.81. The molecule has 2 aromatic rings. The van der Waals surface area contributed by atoms with Crippen molar-refractivity contribution >= 4 is 23.8 Å². The van der Waals surface area contributed by atoms with Gasteiger partial charge in [-0.05, 0) is 30.5 Å². The number of hydrogen-bond donors (Lipinski definition) is 0. The third kappa shape index (κ3) is 4.30. The summed E-state index contributed by atoms with van der Waals surface area (Å²) in [6, 6.07) is 15.7. The van der Waals surface area contributed by atoms with Crippen LogP contribution in [0.4, 0.5) is 4.79 Å². The van der Waals surface area contributed by atoms with Gasteiger partial charge in [-0.25, -0.2) is 9.78 Å². The molecule has 1 aromatic heterocycles. The summed E-state index contributed by atoms with van der Waals surface area (Å²) in [5.74, 6) is 0.518. The van der Waals surface area contributed by atoms with E-state index in [9.17, 15) is 9.59 Å². The molecule has 0 N–H and O–H groups in total. The minimum absolute atomic E-state index is 0.125. The Labute approximate surface area is 168 Å². The van der Waals surface area contributed by atoms with Gasteiger partial charge in [0.25, 0.3) is 0 Å². The number of rotatable bonds is 5. The molecule has 4 rings (SSSR count). The first-order valence-corrected chi connectivity index (χ1v) is 10.5. The number of nitrogens with zero attached hydrogens (tertiary/aromatic N) is 3. The van der Waals surface area contributed by atoms with Crippen LogP contribution in [0.5, 0.6) is 0 Å². The lowest BCUT2D eigenvalue weighted by Crippen LogP contribution is -2.47. The molecule has 28 heavy (non-hydrogen) atoms. The van der Waals surface area contributed by atoms with Crippen LogP contribution in [-0.2, 0) is 9.53 Å². The van der Waals surface area contributed by atoms with Crippen molar-refractivity contribution in [3.63, 3.8) is 0 Å². The average molecular weight is 398 g/mol. The number of ether oxygens (including phenoxy) is 1. The van der Waals surface area contributed by atoms with Crippen molar-refractivity contribution in [1.29, 1.82) is 0 Å². The number of hydrogen-bond acceptors (Lipinski definition) is 5. The summed E-state index contributed by atoms with van der Waals surface area (Å²) in [6.07, 6.45) is 2.86. The van der Waals surface area contributed by atoms with Gasteiger partial charge in [0.1, 0.15) is 6.10 Å². The Morgan fingerprint density at radius 2 is 1.86 bits per heavy atom. The number of cyclic esters (lactones) is 1. The van der Waals surface area contributed by atoms with Gasteiger partial charge >= 0.3 is 6.09 Å². The van der Waals surface area contributed by atoms with Crippen LogP contribution >= 0.6 is 11.8 Å². The van der Waals surface area contributed by atoms with Crippen LogP contribution in [-0.4, -0.2) is 58.2 Å². The summed E-state index contributed by atoms with van der Waals surface area (Å²) in [6.45, 7) is 1.93. The normalized spacial score (nSPS) is 20.3. The van der Waals surface area contributed by atoms with Crippen LogP contribution in [0.15, 0.2) is 59.8 Å². The largest absolute Gasteiger partial charge is 0.439 e. The molecular weight excluding hydrogens is 374 g/mol. The predicted octanol–water partition coefficient (Wildman–Crippen LogP) is 3.36. The first-order chi connectivity index (χ1) is 13.7. The number of likely N-dealkylation sites (tertiary alicyclic amines) is 1. The average Bonchev–Trinajstić information content (AvgIpc) is 3.15. The fourth-order valence-electron chi connectivity index (χ4n) is 3.71. The molecule has 2 aliphatic rings. The second-order valence-corrected chi connectivity index (χ2v) is 8.00. The van der Waals surface area contributed by atoms with Crippen molar-refractivity contribution in [2.75, 3.05) is 25.4 Å². The number of amides is 2. The van der Waals surface area contributed by atoms with E-state index < -0.39 is 0 Å². The standard InChI is InChI=1S/C21H23N3O3S/c25-20(15-28-19-8-4-5-11-22-19)23-12-9-17(10-13-23)24-14-18(27-21(24)26)16-6-2-1-3-7-16/h1-8,11,17-18H,9-10,12-15H2. The smallest absolute Gasteiger partial charge is 0.410 e. The number of aromatic nitrogens is 1. The van der Waals surface area contributed by atoms with Gasteiger partial charge in [-0.2, -0.15) is 0 Å². The number of carbonyl (C=O) groups is 2. The fourth-order valence-corrected chi connectivity index (χ4v) is 4.47. The van der Waals surface area contributed by atoms with Gasteiger partial charge < -0.3 is 14.5 Å². The Bertz CT molecular complexity index is 810. The highest BCUT2D eigenvalue weighted by Gasteiger charge is 2.38. The number of thioether (sulfide) groups is 1. The van der Waals surface area contributed by atoms with Crippen LogP contribution in [0.1, 0.15) is 24.5 Å². The summed E-state index contributed by atoms with van der Waals surface area (Å²) >= 11 is 1.46. The summed E-state index contributed by atoms with van der Waals surface area (Å²) in [5.41, 5.74) is 1.03. The van der Waals surface area contributed by atoms with E-state index in [2.05, 4.69) is 4.98 Å². The monoisotopic (exact) mass is 397 g/mol. The molecule has 3 heterocycles. The van der Waals surface area contributed by atoms with Crippen molar-refractivity contribution in [2.45, 2.75) is 30.0 Å².